The molecule has 10 heteroatoms. The standard InChI is InChI=1S/6C12H18O.2Nb.2O/c6*1-8(2)10-6-5-7-11(9(3)4)12(10)13;;;;/h6*5-9,13H,1-4H3;;;;/q;;;;;;2*+5;2*-2/p-6. The summed E-state index contributed by atoms with van der Waals surface area (Å²) in [4.78, 5) is 0. The molecule has 6 rings (SSSR count). The molecule has 0 N–H and O–H groups in total. The van der Waals surface area contributed by atoms with Crippen LogP contribution in [-0.2, 0) is 55.7 Å². The van der Waals surface area contributed by atoms with Crippen molar-refractivity contribution in [2.24, 2.45) is 0 Å². The summed E-state index contributed by atoms with van der Waals surface area (Å²) in [6.45, 7) is 49.4. The second kappa shape index (κ2) is 40.7. The molecule has 0 atom stereocenters. The summed E-state index contributed by atoms with van der Waals surface area (Å²) in [7, 11) is 0. The zero-order chi connectivity index (χ0) is 60.0. The minimum atomic E-state index is 0. The minimum Gasteiger partial charge on any atom is -2.00 e. The van der Waals surface area contributed by atoms with Gasteiger partial charge in [-0.15, -0.1) is 34.5 Å². The largest absolute Gasteiger partial charge is 5.00 e. The summed E-state index contributed by atoms with van der Waals surface area (Å²) in [5, 5.41) is 71.1. The van der Waals surface area contributed by atoms with E-state index in [1.54, 1.807) is 0 Å². The van der Waals surface area contributed by atoms with Gasteiger partial charge in [0.25, 0.3) is 0 Å². The Hall–Kier alpha value is -4.48. The van der Waals surface area contributed by atoms with Gasteiger partial charge in [0.15, 0.2) is 0 Å². The van der Waals surface area contributed by atoms with Crippen LogP contribution in [0.5, 0.6) is 34.5 Å². The summed E-state index contributed by atoms with van der Waals surface area (Å²) < 4.78 is 0. The quantitative estimate of drug-likeness (QED) is 0.109. The maximum absolute atomic E-state index is 11.9. The van der Waals surface area contributed by atoms with Gasteiger partial charge in [-0.25, -0.2) is 0 Å². The number of rotatable bonds is 12. The maximum atomic E-state index is 11.9. The van der Waals surface area contributed by atoms with Crippen molar-refractivity contribution in [2.45, 2.75) is 237 Å². The number of para-hydroxylation sites is 6. The fraction of sp³-hybridized carbons (Fsp3) is 0.500. The Bertz CT molecular complexity index is 2060. The number of hydrogen-bond acceptors (Lipinski definition) is 6. The molecule has 8 nitrogen and oxygen atoms in total. The van der Waals surface area contributed by atoms with E-state index in [1.165, 1.54) is 0 Å². The number of benzene rings is 6. The first-order chi connectivity index (χ1) is 36.2. The Morgan fingerprint density at radius 1 is 0.171 bits per heavy atom. The predicted octanol–water partition coefficient (Wildman–Crippen LogP) is 17.8. The zero-order valence-electron chi connectivity index (χ0n) is 54.5. The first-order valence-electron chi connectivity index (χ1n) is 29.0. The van der Waals surface area contributed by atoms with Gasteiger partial charge in [0.1, 0.15) is 0 Å². The van der Waals surface area contributed by atoms with Crippen LogP contribution in [0.2, 0.25) is 0 Å². The third-order valence-corrected chi connectivity index (χ3v) is 13.9. The van der Waals surface area contributed by atoms with Gasteiger partial charge in [0.05, 0.1) is 0 Å². The van der Waals surface area contributed by atoms with Crippen molar-refractivity contribution in [2.75, 3.05) is 0 Å². The molecule has 0 heterocycles. The third-order valence-electron chi connectivity index (χ3n) is 13.9. The Morgan fingerprint density at radius 2 is 0.232 bits per heavy atom. The van der Waals surface area contributed by atoms with Gasteiger partial charge < -0.3 is 41.6 Å². The molecule has 0 saturated carbocycles. The summed E-state index contributed by atoms with van der Waals surface area (Å²) in [6.07, 6.45) is 0. The molecule has 6 aromatic rings. The Labute approximate surface area is 530 Å². The fourth-order valence-corrected chi connectivity index (χ4v) is 8.90. The van der Waals surface area contributed by atoms with Gasteiger partial charge in [-0.3, -0.25) is 0 Å². The summed E-state index contributed by atoms with van der Waals surface area (Å²) in [6, 6.07) is 35.0. The SMILES string of the molecule is CC(C)c1cccc(C(C)C)c1[O-].CC(C)c1cccc(C(C)C)c1[O-].CC(C)c1cccc(C(C)C)c1[O-].CC(C)c1cccc(C(C)C)c1[O-].CC(C)c1cccc(C(C)C)c1[O-].CC(C)c1cccc(C(C)C)c1[O-].[Nb+5].[Nb+5].[O-2].[O-2]. The van der Waals surface area contributed by atoms with Crippen molar-refractivity contribution in [1.29, 1.82) is 0 Å². The molecule has 0 aliphatic heterocycles. The molecular weight excluding hydrogens is 1180 g/mol. The second-order valence-electron chi connectivity index (χ2n) is 24.4. The van der Waals surface area contributed by atoms with Crippen molar-refractivity contribution in [3.05, 3.63) is 176 Å². The van der Waals surface area contributed by atoms with E-state index in [1.807, 2.05) is 109 Å². The molecule has 0 bridgehead atoms. The van der Waals surface area contributed by atoms with Crippen molar-refractivity contribution >= 4 is 0 Å². The average Bonchev–Trinajstić information content (AvgIpc) is 3.34. The van der Waals surface area contributed by atoms with E-state index in [0.717, 1.165) is 66.8 Å². The minimum absolute atomic E-state index is 0. The topological polar surface area (TPSA) is 195 Å². The second-order valence-corrected chi connectivity index (χ2v) is 24.4. The predicted molar refractivity (Wildman–Crippen MR) is 326 cm³/mol. The van der Waals surface area contributed by atoms with Crippen LogP contribution in [0.15, 0.2) is 109 Å². The van der Waals surface area contributed by atoms with Crippen LogP contribution in [0.1, 0.15) is 304 Å². The molecule has 0 spiro atoms. The monoisotopic (exact) mass is 1280 g/mol. The van der Waals surface area contributed by atoms with E-state index < -0.39 is 0 Å². The van der Waals surface area contributed by atoms with Crippen LogP contribution in [0.3, 0.4) is 0 Å². The van der Waals surface area contributed by atoms with E-state index in [0.29, 0.717) is 71.0 Å². The molecule has 448 valence electrons. The zero-order valence-corrected chi connectivity index (χ0v) is 58.9. The molecular formula is C72H102Nb2O8. The molecule has 0 amide bonds. The Kier molecular flexibility index (Phi) is 41.7. The maximum Gasteiger partial charge on any atom is 5.00 e. The first kappa shape index (κ1) is 84.0. The van der Waals surface area contributed by atoms with Crippen molar-refractivity contribution in [3.63, 3.8) is 0 Å². The Balaban J connectivity index is -0.000000441. The fourth-order valence-electron chi connectivity index (χ4n) is 8.90. The van der Waals surface area contributed by atoms with Gasteiger partial charge in [0.2, 0.25) is 0 Å². The van der Waals surface area contributed by atoms with E-state index in [-0.39, 0.29) is 90.2 Å². The normalized spacial score (nSPS) is 10.7. The van der Waals surface area contributed by atoms with Crippen molar-refractivity contribution in [3.8, 4) is 34.5 Å². The summed E-state index contributed by atoms with van der Waals surface area (Å²) in [5.74, 6) is 5.28. The molecule has 6 aromatic carbocycles. The van der Waals surface area contributed by atoms with Crippen LogP contribution < -0.4 is 30.6 Å². The van der Waals surface area contributed by atoms with Crippen molar-refractivity contribution in [1.82, 2.24) is 0 Å². The van der Waals surface area contributed by atoms with Crippen LogP contribution in [0.4, 0.5) is 0 Å². The van der Waals surface area contributed by atoms with Gasteiger partial charge in [0, 0.05) is 0 Å². The van der Waals surface area contributed by atoms with Crippen LogP contribution in [0, 0.1) is 0 Å². The van der Waals surface area contributed by atoms with E-state index in [2.05, 4.69) is 166 Å². The molecule has 0 saturated heterocycles. The smallest absolute Gasteiger partial charge is 2.00 e. The number of hydrogen-bond donors (Lipinski definition) is 0. The van der Waals surface area contributed by atoms with Gasteiger partial charge >= 0.3 is 44.8 Å². The van der Waals surface area contributed by atoms with Crippen LogP contribution in [-0.4, -0.2) is 0 Å². The van der Waals surface area contributed by atoms with Crippen molar-refractivity contribution < 1.29 is 86.4 Å². The first-order valence-corrected chi connectivity index (χ1v) is 29.0. The molecule has 0 radical (unpaired) electrons. The van der Waals surface area contributed by atoms with Gasteiger partial charge in [-0.1, -0.05) is 342 Å². The van der Waals surface area contributed by atoms with Gasteiger partial charge in [-0.2, -0.15) is 0 Å². The molecule has 0 unspecified atom stereocenters. The molecule has 0 aromatic heterocycles. The molecule has 0 aliphatic carbocycles. The molecule has 82 heavy (non-hydrogen) atoms. The van der Waals surface area contributed by atoms with E-state index in [4.69, 9.17) is 0 Å². The van der Waals surface area contributed by atoms with Crippen LogP contribution in [0.25, 0.3) is 0 Å². The van der Waals surface area contributed by atoms with Gasteiger partial charge in [-0.05, 0) is 71.0 Å². The Morgan fingerprint density at radius 3 is 0.280 bits per heavy atom. The third kappa shape index (κ3) is 25.8. The summed E-state index contributed by atoms with van der Waals surface area (Å²) in [5.41, 5.74) is 11.2. The van der Waals surface area contributed by atoms with Crippen LogP contribution >= 0.6 is 0 Å². The molecule has 0 aliphatic rings. The summed E-state index contributed by atoms with van der Waals surface area (Å²) >= 11 is 0. The van der Waals surface area contributed by atoms with E-state index >= 15 is 0 Å². The molecule has 0 fully saturated rings. The average molecular weight is 1280 g/mol. The van der Waals surface area contributed by atoms with E-state index in [9.17, 15) is 30.6 Å².